The standard InChI is InChI=1S/C8H18N2.C7H8N2O.C2H6/c1-9-6-8-4-3-5-10(2)7-8;10-6-9-5-7-1-3-8-4-2-7;1-2/h8-9H,3-7H2,1-2H3;1-4,6H,5H2,(H,9,10);1-2H3. The van der Waals surface area contributed by atoms with Crippen LogP contribution in [0.5, 0.6) is 0 Å². The van der Waals surface area contributed by atoms with E-state index in [4.69, 9.17) is 0 Å². The number of likely N-dealkylation sites (tertiary alicyclic amines) is 1. The van der Waals surface area contributed by atoms with Gasteiger partial charge in [0.25, 0.3) is 0 Å². The Hall–Kier alpha value is -1.46. The van der Waals surface area contributed by atoms with Crippen LogP contribution in [0.15, 0.2) is 24.5 Å². The number of piperidine rings is 1. The van der Waals surface area contributed by atoms with Crippen LogP contribution in [0.25, 0.3) is 0 Å². The average Bonchev–Trinajstić information content (AvgIpc) is 2.57. The third-order valence-corrected chi connectivity index (χ3v) is 3.35. The molecule has 1 atom stereocenters. The van der Waals surface area contributed by atoms with Crippen molar-refractivity contribution in [3.63, 3.8) is 0 Å². The summed E-state index contributed by atoms with van der Waals surface area (Å²) < 4.78 is 0. The zero-order chi connectivity index (χ0) is 16.6. The topological polar surface area (TPSA) is 57.3 Å². The first kappa shape index (κ1) is 20.5. The SMILES string of the molecule is CC.CNCC1CCCN(C)C1.O=CNCc1ccncc1. The molecule has 0 spiro atoms. The van der Waals surface area contributed by atoms with Crippen LogP contribution in [0.3, 0.4) is 0 Å². The van der Waals surface area contributed by atoms with Crippen molar-refractivity contribution in [2.45, 2.75) is 33.2 Å². The highest BCUT2D eigenvalue weighted by Crippen LogP contribution is 2.13. The molecule has 0 aliphatic carbocycles. The Bertz CT molecular complexity index is 357. The molecule has 0 aromatic carbocycles. The highest BCUT2D eigenvalue weighted by Gasteiger charge is 2.15. The van der Waals surface area contributed by atoms with Crippen molar-refractivity contribution in [1.82, 2.24) is 20.5 Å². The number of hydrogen-bond acceptors (Lipinski definition) is 4. The Morgan fingerprint density at radius 2 is 2.05 bits per heavy atom. The third kappa shape index (κ3) is 10.3. The maximum Gasteiger partial charge on any atom is 0.207 e. The summed E-state index contributed by atoms with van der Waals surface area (Å²) in [5, 5.41) is 5.79. The lowest BCUT2D eigenvalue weighted by Crippen LogP contribution is -2.36. The molecule has 1 aliphatic heterocycles. The van der Waals surface area contributed by atoms with Gasteiger partial charge in [-0.25, -0.2) is 0 Å². The van der Waals surface area contributed by atoms with Crippen LogP contribution < -0.4 is 10.6 Å². The van der Waals surface area contributed by atoms with Crippen molar-refractivity contribution in [3.05, 3.63) is 30.1 Å². The average molecular weight is 308 g/mol. The molecule has 22 heavy (non-hydrogen) atoms. The number of pyridine rings is 1. The second-order valence-corrected chi connectivity index (χ2v) is 5.18. The Balaban J connectivity index is 0.000000360. The van der Waals surface area contributed by atoms with Crippen molar-refractivity contribution in [1.29, 1.82) is 0 Å². The summed E-state index contributed by atoms with van der Waals surface area (Å²) >= 11 is 0. The highest BCUT2D eigenvalue weighted by molar-refractivity contribution is 5.46. The second kappa shape index (κ2) is 14.5. The molecule has 1 unspecified atom stereocenters. The molecule has 1 saturated heterocycles. The quantitative estimate of drug-likeness (QED) is 0.816. The van der Waals surface area contributed by atoms with Gasteiger partial charge >= 0.3 is 0 Å². The van der Waals surface area contributed by atoms with Gasteiger partial charge in [0.05, 0.1) is 0 Å². The number of carbonyl (C=O) groups excluding carboxylic acids is 1. The lowest BCUT2D eigenvalue weighted by atomic mass is 9.99. The van der Waals surface area contributed by atoms with E-state index in [1.165, 1.54) is 32.5 Å². The zero-order valence-corrected chi connectivity index (χ0v) is 14.5. The fourth-order valence-corrected chi connectivity index (χ4v) is 2.39. The van der Waals surface area contributed by atoms with Crippen molar-refractivity contribution in [2.24, 2.45) is 5.92 Å². The molecule has 1 aliphatic rings. The van der Waals surface area contributed by atoms with E-state index in [1.807, 2.05) is 33.0 Å². The van der Waals surface area contributed by atoms with Crippen molar-refractivity contribution >= 4 is 6.41 Å². The van der Waals surface area contributed by atoms with Gasteiger partial charge in [0.1, 0.15) is 0 Å². The van der Waals surface area contributed by atoms with Crippen molar-refractivity contribution in [2.75, 3.05) is 33.7 Å². The van der Waals surface area contributed by atoms with E-state index in [1.54, 1.807) is 12.4 Å². The molecule has 1 fully saturated rings. The summed E-state index contributed by atoms with van der Waals surface area (Å²) in [6, 6.07) is 3.72. The summed E-state index contributed by atoms with van der Waals surface area (Å²) in [6.45, 7) is 8.33. The minimum atomic E-state index is 0.575. The van der Waals surface area contributed by atoms with Crippen LogP contribution in [-0.2, 0) is 11.3 Å². The van der Waals surface area contributed by atoms with Crippen LogP contribution in [0.1, 0.15) is 32.3 Å². The molecule has 2 N–H and O–H groups in total. The summed E-state index contributed by atoms with van der Waals surface area (Å²) in [6.07, 6.45) is 6.86. The first-order chi connectivity index (χ1) is 10.8. The van der Waals surface area contributed by atoms with E-state index in [2.05, 4.69) is 27.6 Å². The van der Waals surface area contributed by atoms with Crippen LogP contribution in [0, 0.1) is 5.92 Å². The van der Waals surface area contributed by atoms with Crippen LogP contribution >= 0.6 is 0 Å². The van der Waals surface area contributed by atoms with Crippen molar-refractivity contribution < 1.29 is 4.79 Å². The maximum atomic E-state index is 9.85. The molecule has 0 saturated carbocycles. The fraction of sp³-hybridized carbons (Fsp3) is 0.647. The molecule has 5 heteroatoms. The highest BCUT2D eigenvalue weighted by atomic mass is 16.1. The monoisotopic (exact) mass is 308 g/mol. The van der Waals surface area contributed by atoms with Gasteiger partial charge in [-0.2, -0.15) is 0 Å². The number of rotatable bonds is 5. The Morgan fingerprint density at radius 1 is 1.36 bits per heavy atom. The van der Waals surface area contributed by atoms with Crippen LogP contribution in [-0.4, -0.2) is 50.0 Å². The van der Waals surface area contributed by atoms with E-state index in [9.17, 15) is 4.79 Å². The van der Waals surface area contributed by atoms with E-state index >= 15 is 0 Å². The van der Waals surface area contributed by atoms with Gasteiger partial charge in [-0.15, -0.1) is 0 Å². The summed E-state index contributed by atoms with van der Waals surface area (Å²) in [7, 11) is 4.25. The second-order valence-electron chi connectivity index (χ2n) is 5.18. The normalized spacial score (nSPS) is 17.4. The van der Waals surface area contributed by atoms with Gasteiger partial charge < -0.3 is 15.5 Å². The van der Waals surface area contributed by atoms with Crippen molar-refractivity contribution in [3.8, 4) is 0 Å². The predicted octanol–water partition coefficient (Wildman–Crippen LogP) is 1.90. The van der Waals surface area contributed by atoms with Gasteiger partial charge in [0, 0.05) is 25.5 Å². The van der Waals surface area contributed by atoms with Gasteiger partial charge in [-0.05, 0) is 63.6 Å². The lowest BCUT2D eigenvalue weighted by molar-refractivity contribution is -0.109. The molecular formula is C17H32N4O. The maximum absolute atomic E-state index is 9.85. The van der Waals surface area contributed by atoms with Gasteiger partial charge in [0.15, 0.2) is 0 Å². The van der Waals surface area contributed by atoms with Gasteiger partial charge in [0.2, 0.25) is 6.41 Å². The first-order valence-electron chi connectivity index (χ1n) is 8.15. The third-order valence-electron chi connectivity index (χ3n) is 3.35. The smallest absolute Gasteiger partial charge is 0.207 e. The molecule has 0 radical (unpaired) electrons. The Morgan fingerprint density at radius 3 is 2.59 bits per heavy atom. The predicted molar refractivity (Wildman–Crippen MR) is 92.6 cm³/mol. The molecule has 2 heterocycles. The largest absolute Gasteiger partial charge is 0.355 e. The molecule has 0 bridgehead atoms. The van der Waals surface area contributed by atoms with E-state index in [0.717, 1.165) is 11.5 Å². The fourth-order valence-electron chi connectivity index (χ4n) is 2.39. The summed E-state index contributed by atoms with van der Waals surface area (Å²) in [5.74, 6) is 0.892. The molecule has 2 rings (SSSR count). The number of nitrogens with one attached hydrogen (secondary N) is 2. The summed E-state index contributed by atoms with van der Waals surface area (Å²) in [4.78, 5) is 16.1. The minimum absolute atomic E-state index is 0.575. The Kier molecular flexibility index (Phi) is 13.5. The number of carbonyl (C=O) groups is 1. The summed E-state index contributed by atoms with van der Waals surface area (Å²) in [5.41, 5.74) is 1.06. The van der Waals surface area contributed by atoms with E-state index < -0.39 is 0 Å². The molecule has 126 valence electrons. The molecule has 1 amide bonds. The van der Waals surface area contributed by atoms with Gasteiger partial charge in [-0.3, -0.25) is 9.78 Å². The zero-order valence-electron chi connectivity index (χ0n) is 14.5. The minimum Gasteiger partial charge on any atom is -0.355 e. The number of aromatic nitrogens is 1. The molecule has 5 nitrogen and oxygen atoms in total. The molecule has 1 aromatic rings. The van der Waals surface area contributed by atoms with E-state index in [-0.39, 0.29) is 0 Å². The van der Waals surface area contributed by atoms with Gasteiger partial charge in [-0.1, -0.05) is 13.8 Å². The number of nitrogens with zero attached hydrogens (tertiary/aromatic N) is 2. The molecular weight excluding hydrogens is 276 g/mol. The van der Waals surface area contributed by atoms with Crippen LogP contribution in [0.4, 0.5) is 0 Å². The Labute approximate surface area is 135 Å². The van der Waals surface area contributed by atoms with E-state index in [0.29, 0.717) is 13.0 Å². The first-order valence-corrected chi connectivity index (χ1v) is 8.15. The number of hydrogen-bond donors (Lipinski definition) is 2. The molecule has 1 aromatic heterocycles. The lowest BCUT2D eigenvalue weighted by Gasteiger charge is -2.29. The number of amides is 1. The van der Waals surface area contributed by atoms with Crippen LogP contribution in [0.2, 0.25) is 0 Å².